The minimum Gasteiger partial charge on any atom is -0.394 e. The number of carbonyl (C=O) groups excluding carboxylic acids is 1. The van der Waals surface area contributed by atoms with Gasteiger partial charge < -0.3 is 20.5 Å². The lowest BCUT2D eigenvalue weighted by molar-refractivity contribution is 0.0615. The monoisotopic (exact) mass is 464 g/mol. The lowest BCUT2D eigenvalue weighted by Crippen LogP contribution is -2.31. The first-order valence-corrected chi connectivity index (χ1v) is 11.4. The van der Waals surface area contributed by atoms with Crippen molar-refractivity contribution in [2.24, 2.45) is 0 Å². The van der Waals surface area contributed by atoms with Crippen LogP contribution in [0.25, 0.3) is 11.3 Å². The average Bonchev–Trinajstić information content (AvgIpc) is 3.16. The lowest BCUT2D eigenvalue weighted by atomic mass is 9.96. The van der Waals surface area contributed by atoms with E-state index in [2.05, 4.69) is 4.98 Å². The van der Waals surface area contributed by atoms with Crippen molar-refractivity contribution in [1.82, 2.24) is 14.9 Å². The Kier molecular flexibility index (Phi) is 6.01. The highest BCUT2D eigenvalue weighted by Crippen LogP contribution is 2.35. The summed E-state index contributed by atoms with van der Waals surface area (Å²) in [6, 6.07) is 12.4. The topological polar surface area (TPSA) is 102 Å². The molecule has 0 saturated carbocycles. The molecule has 8 heteroatoms. The fourth-order valence-corrected chi connectivity index (χ4v) is 4.83. The highest BCUT2D eigenvalue weighted by Gasteiger charge is 2.34. The quantitative estimate of drug-likeness (QED) is 0.592. The normalized spacial score (nSPS) is 17.3. The summed E-state index contributed by atoms with van der Waals surface area (Å²) in [5.41, 5.74) is 10.7. The number of nitrogens with two attached hydrogens (primary N) is 1. The van der Waals surface area contributed by atoms with Gasteiger partial charge in [-0.3, -0.25) is 4.79 Å². The van der Waals surface area contributed by atoms with Crippen molar-refractivity contribution in [1.29, 1.82) is 0 Å². The van der Waals surface area contributed by atoms with Gasteiger partial charge in [-0.05, 0) is 42.2 Å². The Balaban J connectivity index is 1.45. The van der Waals surface area contributed by atoms with Crippen LogP contribution in [0.5, 0.6) is 0 Å². The number of hydrogen-bond donors (Lipinski definition) is 2. The number of fused-ring (bicyclic) bond motifs is 1. The second-order valence-electron chi connectivity index (χ2n) is 8.47. The van der Waals surface area contributed by atoms with Crippen LogP contribution in [0.1, 0.15) is 52.0 Å². The van der Waals surface area contributed by atoms with E-state index in [1.807, 2.05) is 30.3 Å². The van der Waals surface area contributed by atoms with Gasteiger partial charge in [0.05, 0.1) is 24.5 Å². The van der Waals surface area contributed by atoms with Gasteiger partial charge in [-0.1, -0.05) is 35.9 Å². The SMILES string of the molecule is Nc1ncc(C2CCOCC2)nc1-c1ccc2c(c1)C(=O)N([C@H](CO)c1cccc(Cl)c1)C2. The number of carbonyl (C=O) groups is 1. The molecule has 1 saturated heterocycles. The van der Waals surface area contributed by atoms with E-state index in [0.717, 1.165) is 35.2 Å². The minimum atomic E-state index is -0.478. The zero-order valence-electron chi connectivity index (χ0n) is 18.1. The van der Waals surface area contributed by atoms with Crippen LogP contribution in [0.15, 0.2) is 48.7 Å². The summed E-state index contributed by atoms with van der Waals surface area (Å²) < 4.78 is 5.46. The third kappa shape index (κ3) is 4.19. The van der Waals surface area contributed by atoms with Gasteiger partial charge >= 0.3 is 0 Å². The number of hydrogen-bond acceptors (Lipinski definition) is 6. The second kappa shape index (κ2) is 9.09. The standard InChI is InChI=1S/C25H25ClN4O3/c26-19-3-1-2-16(10-19)22(14-31)30-13-18-5-4-17(11-20(18)25(30)32)23-24(27)28-12-21(29-23)15-6-8-33-9-7-15/h1-5,10-12,15,22,31H,6-9,13-14H2,(H2,27,28)/t22-/m1/s1. The first-order chi connectivity index (χ1) is 16.0. The maximum absolute atomic E-state index is 13.3. The fraction of sp³-hybridized carbons (Fsp3) is 0.320. The molecule has 0 bridgehead atoms. The van der Waals surface area contributed by atoms with Gasteiger partial charge in [0.1, 0.15) is 11.5 Å². The highest BCUT2D eigenvalue weighted by molar-refractivity contribution is 6.30. The molecule has 3 heterocycles. The first-order valence-electron chi connectivity index (χ1n) is 11.1. The molecule has 1 amide bonds. The van der Waals surface area contributed by atoms with E-state index in [1.165, 1.54) is 0 Å². The van der Waals surface area contributed by atoms with Crippen LogP contribution >= 0.6 is 11.6 Å². The zero-order valence-corrected chi connectivity index (χ0v) is 18.8. The number of anilines is 1. The van der Waals surface area contributed by atoms with E-state index >= 15 is 0 Å². The second-order valence-corrected chi connectivity index (χ2v) is 8.91. The number of halogens is 1. The molecule has 3 aromatic rings. The van der Waals surface area contributed by atoms with Crippen LogP contribution < -0.4 is 5.73 Å². The van der Waals surface area contributed by atoms with Gasteiger partial charge in [-0.2, -0.15) is 0 Å². The zero-order chi connectivity index (χ0) is 22.9. The molecule has 2 aromatic carbocycles. The van der Waals surface area contributed by atoms with Gasteiger partial charge in [0.15, 0.2) is 0 Å². The number of benzene rings is 2. The van der Waals surface area contributed by atoms with Crippen molar-refractivity contribution in [3.05, 3.63) is 76.1 Å². The third-order valence-electron chi connectivity index (χ3n) is 6.46. The number of aromatic nitrogens is 2. The predicted molar refractivity (Wildman–Crippen MR) is 126 cm³/mol. The summed E-state index contributed by atoms with van der Waals surface area (Å²) in [5, 5.41) is 10.6. The maximum atomic E-state index is 13.3. The molecule has 1 fully saturated rings. The molecular weight excluding hydrogens is 440 g/mol. The Labute approximate surface area is 197 Å². The van der Waals surface area contributed by atoms with Gasteiger partial charge in [0.2, 0.25) is 0 Å². The van der Waals surface area contributed by atoms with Gasteiger partial charge in [-0.25, -0.2) is 9.97 Å². The Bertz CT molecular complexity index is 1200. The molecule has 7 nitrogen and oxygen atoms in total. The molecule has 2 aliphatic rings. The van der Waals surface area contributed by atoms with Crippen LogP contribution in [0.4, 0.5) is 5.82 Å². The molecule has 0 radical (unpaired) electrons. The van der Waals surface area contributed by atoms with Crippen molar-refractivity contribution < 1.29 is 14.6 Å². The number of rotatable bonds is 5. The Morgan fingerprint density at radius 2 is 2.03 bits per heavy atom. The summed E-state index contributed by atoms with van der Waals surface area (Å²) in [4.78, 5) is 24.2. The smallest absolute Gasteiger partial charge is 0.255 e. The van der Waals surface area contributed by atoms with Gasteiger partial charge in [0.25, 0.3) is 5.91 Å². The van der Waals surface area contributed by atoms with E-state index in [0.29, 0.717) is 47.8 Å². The molecule has 2 aliphatic heterocycles. The van der Waals surface area contributed by atoms with Crippen LogP contribution in [-0.2, 0) is 11.3 Å². The average molecular weight is 465 g/mol. The number of aliphatic hydroxyl groups is 1. The van der Waals surface area contributed by atoms with E-state index in [9.17, 15) is 9.90 Å². The van der Waals surface area contributed by atoms with E-state index in [-0.39, 0.29) is 12.5 Å². The minimum absolute atomic E-state index is 0.141. The Morgan fingerprint density at radius 1 is 1.21 bits per heavy atom. The Hall–Kier alpha value is -3.00. The van der Waals surface area contributed by atoms with Crippen molar-refractivity contribution in [3.8, 4) is 11.3 Å². The van der Waals surface area contributed by atoms with Crippen LogP contribution in [0.3, 0.4) is 0 Å². The van der Waals surface area contributed by atoms with Crippen molar-refractivity contribution in [2.45, 2.75) is 31.3 Å². The molecule has 1 aromatic heterocycles. The van der Waals surface area contributed by atoms with E-state index in [1.54, 1.807) is 23.2 Å². The maximum Gasteiger partial charge on any atom is 0.255 e. The summed E-state index contributed by atoms with van der Waals surface area (Å²) in [6.07, 6.45) is 3.55. The summed E-state index contributed by atoms with van der Waals surface area (Å²) in [7, 11) is 0. The number of ether oxygens (including phenoxy) is 1. The van der Waals surface area contributed by atoms with Gasteiger partial charge in [-0.15, -0.1) is 0 Å². The number of nitrogens with zero attached hydrogens (tertiary/aromatic N) is 3. The largest absolute Gasteiger partial charge is 0.394 e. The summed E-state index contributed by atoms with van der Waals surface area (Å²) in [6.45, 7) is 1.65. The highest BCUT2D eigenvalue weighted by atomic mass is 35.5. The molecule has 3 N–H and O–H groups in total. The molecule has 0 unspecified atom stereocenters. The predicted octanol–water partition coefficient (Wildman–Crippen LogP) is 3.96. The van der Waals surface area contributed by atoms with Crippen molar-refractivity contribution in [2.75, 3.05) is 25.6 Å². The van der Waals surface area contributed by atoms with Crippen LogP contribution in [0, 0.1) is 0 Å². The molecule has 33 heavy (non-hydrogen) atoms. The number of aliphatic hydroxyl groups excluding tert-OH is 1. The summed E-state index contributed by atoms with van der Waals surface area (Å²) in [5.74, 6) is 0.485. The molecule has 0 aliphatic carbocycles. The number of nitrogen functional groups attached to an aromatic ring is 1. The van der Waals surface area contributed by atoms with E-state index in [4.69, 9.17) is 27.1 Å². The Morgan fingerprint density at radius 3 is 2.79 bits per heavy atom. The fourth-order valence-electron chi connectivity index (χ4n) is 4.63. The van der Waals surface area contributed by atoms with Crippen molar-refractivity contribution >= 4 is 23.3 Å². The summed E-state index contributed by atoms with van der Waals surface area (Å²) >= 11 is 6.13. The first kappa shape index (κ1) is 21.8. The molecule has 170 valence electrons. The lowest BCUT2D eigenvalue weighted by Gasteiger charge is -2.26. The van der Waals surface area contributed by atoms with Gasteiger partial charge in [0, 0.05) is 41.8 Å². The van der Waals surface area contributed by atoms with Crippen molar-refractivity contribution in [3.63, 3.8) is 0 Å². The van der Waals surface area contributed by atoms with Crippen LogP contribution in [-0.4, -0.2) is 45.7 Å². The third-order valence-corrected chi connectivity index (χ3v) is 6.69. The van der Waals surface area contributed by atoms with E-state index < -0.39 is 6.04 Å². The van der Waals surface area contributed by atoms with Crippen LogP contribution in [0.2, 0.25) is 5.02 Å². The molecule has 5 rings (SSSR count). The molecule has 0 spiro atoms. The molecule has 1 atom stereocenters. The molecular formula is C25H25ClN4O3. The number of amides is 1.